The summed E-state index contributed by atoms with van der Waals surface area (Å²) in [6.07, 6.45) is 1.20. The first kappa shape index (κ1) is 13.2. The van der Waals surface area contributed by atoms with Gasteiger partial charge in [0.05, 0.1) is 19.0 Å². The number of hydrogen-bond acceptors (Lipinski definition) is 8. The number of imidazole rings is 1. The van der Waals surface area contributed by atoms with E-state index in [-0.39, 0.29) is 6.61 Å². The Kier molecular flexibility index (Phi) is 3.49. The van der Waals surface area contributed by atoms with Crippen LogP contribution in [-0.2, 0) is 4.74 Å². The Balaban J connectivity index is 1.81. The van der Waals surface area contributed by atoms with E-state index in [0.717, 1.165) is 0 Å². The highest BCUT2D eigenvalue weighted by atomic mass is 16.5. The Labute approximate surface area is 114 Å². The first-order valence-electron chi connectivity index (χ1n) is 6.29. The number of aliphatic hydroxyl groups excluding tert-OH is 2. The van der Waals surface area contributed by atoms with Crippen molar-refractivity contribution in [2.75, 3.05) is 11.9 Å². The molecule has 0 amide bonds. The van der Waals surface area contributed by atoms with Gasteiger partial charge in [0.15, 0.2) is 17.7 Å². The minimum Gasteiger partial charge on any atom is -0.394 e. The van der Waals surface area contributed by atoms with E-state index in [4.69, 9.17) is 10.5 Å². The van der Waals surface area contributed by atoms with Gasteiger partial charge in [0.25, 0.3) is 0 Å². The molecule has 3 heterocycles. The van der Waals surface area contributed by atoms with Crippen LogP contribution in [0.5, 0.6) is 0 Å². The molecule has 1 fully saturated rings. The Bertz CT molecular complexity index is 590. The van der Waals surface area contributed by atoms with Gasteiger partial charge in [-0.1, -0.05) is 0 Å². The smallest absolute Gasteiger partial charge is 0.182 e. The van der Waals surface area contributed by atoms with Crippen molar-refractivity contribution in [2.24, 2.45) is 5.73 Å². The summed E-state index contributed by atoms with van der Waals surface area (Å²) in [5.41, 5.74) is 6.94. The molecule has 1 aliphatic heterocycles. The summed E-state index contributed by atoms with van der Waals surface area (Å²) in [6.45, 7) is -0.199. The average Bonchev–Trinajstić information content (AvgIpc) is 2.91. The number of hydrogen-bond donors (Lipinski definition) is 5. The summed E-state index contributed by atoms with van der Waals surface area (Å²) in [4.78, 5) is 15.0. The van der Waals surface area contributed by atoms with Crippen molar-refractivity contribution in [3.05, 3.63) is 12.7 Å². The van der Waals surface area contributed by atoms with E-state index in [9.17, 15) is 10.2 Å². The number of rotatable bonds is 3. The predicted molar refractivity (Wildman–Crippen MR) is 69.7 cm³/mol. The lowest BCUT2D eigenvalue weighted by molar-refractivity contribution is -0.126. The summed E-state index contributed by atoms with van der Waals surface area (Å²) in [5, 5.41) is 22.2. The van der Waals surface area contributed by atoms with Gasteiger partial charge in [-0.25, -0.2) is 15.0 Å². The SMILES string of the molecule is N[C@@H]1C[C@H](O)[C@@H](Nc2ncnc3nc[nH]c23)O[C@H]1CO. The maximum Gasteiger partial charge on any atom is 0.182 e. The number of nitrogens with two attached hydrogens (primary N) is 1. The normalized spacial score (nSPS) is 30.6. The predicted octanol–water partition coefficient (Wildman–Crippen LogP) is -1.44. The van der Waals surface area contributed by atoms with Gasteiger partial charge in [0.1, 0.15) is 17.9 Å². The molecule has 4 atom stereocenters. The zero-order chi connectivity index (χ0) is 14.1. The summed E-state index contributed by atoms with van der Waals surface area (Å²) in [5.74, 6) is 0.476. The average molecular weight is 280 g/mol. The third kappa shape index (κ3) is 2.31. The van der Waals surface area contributed by atoms with Gasteiger partial charge in [-0.15, -0.1) is 0 Å². The van der Waals surface area contributed by atoms with Crippen LogP contribution in [0.15, 0.2) is 12.7 Å². The van der Waals surface area contributed by atoms with Crippen molar-refractivity contribution in [1.82, 2.24) is 19.9 Å². The molecule has 20 heavy (non-hydrogen) atoms. The molecule has 2 aromatic heterocycles. The second-order valence-electron chi connectivity index (χ2n) is 4.71. The zero-order valence-electron chi connectivity index (χ0n) is 10.6. The molecule has 0 saturated carbocycles. The van der Waals surface area contributed by atoms with Crippen molar-refractivity contribution in [3.63, 3.8) is 0 Å². The number of aliphatic hydroxyl groups is 2. The molecule has 9 nitrogen and oxygen atoms in total. The van der Waals surface area contributed by atoms with E-state index in [1.54, 1.807) is 0 Å². The number of ether oxygens (including phenoxy) is 1. The van der Waals surface area contributed by atoms with Crippen molar-refractivity contribution >= 4 is 17.0 Å². The monoisotopic (exact) mass is 280 g/mol. The molecular weight excluding hydrogens is 264 g/mol. The number of aromatic nitrogens is 4. The standard InChI is InChI=1S/C11H16N6O3/c12-5-1-6(19)11(20-7(5)2-18)17-10-8-9(14-3-13-8)15-4-16-10/h3-7,11,18-19H,1-2,12H2,(H2,13,14,15,16,17)/t5-,6+,7+,11+/m1/s1. The molecule has 2 aromatic rings. The number of fused-ring (bicyclic) bond motifs is 1. The topological polar surface area (TPSA) is 142 Å². The molecule has 3 rings (SSSR count). The van der Waals surface area contributed by atoms with E-state index in [2.05, 4.69) is 25.3 Å². The number of nitrogens with zero attached hydrogens (tertiary/aromatic N) is 3. The lowest BCUT2D eigenvalue weighted by atomic mass is 10.00. The fourth-order valence-corrected chi connectivity index (χ4v) is 2.25. The maximum absolute atomic E-state index is 10.0. The molecule has 9 heteroatoms. The summed E-state index contributed by atoms with van der Waals surface area (Å²) < 4.78 is 5.56. The Morgan fingerprint density at radius 2 is 2.30 bits per heavy atom. The van der Waals surface area contributed by atoms with E-state index in [0.29, 0.717) is 23.4 Å². The lowest BCUT2D eigenvalue weighted by Gasteiger charge is -2.37. The number of nitrogens with one attached hydrogen (secondary N) is 2. The van der Waals surface area contributed by atoms with Gasteiger partial charge in [-0.3, -0.25) is 0 Å². The quantitative estimate of drug-likeness (QED) is 0.460. The van der Waals surface area contributed by atoms with E-state index in [1.807, 2.05) is 0 Å². The zero-order valence-corrected chi connectivity index (χ0v) is 10.6. The van der Waals surface area contributed by atoms with Crippen LogP contribution < -0.4 is 11.1 Å². The highest BCUT2D eigenvalue weighted by Crippen LogP contribution is 2.22. The number of H-pyrrole nitrogens is 1. The van der Waals surface area contributed by atoms with Crippen molar-refractivity contribution in [1.29, 1.82) is 0 Å². The van der Waals surface area contributed by atoms with Gasteiger partial charge in [-0.05, 0) is 6.42 Å². The van der Waals surface area contributed by atoms with Crippen LogP contribution in [0, 0.1) is 0 Å². The molecule has 108 valence electrons. The van der Waals surface area contributed by atoms with Crippen LogP contribution in [0.2, 0.25) is 0 Å². The number of anilines is 1. The Hall–Kier alpha value is -1.81. The second-order valence-corrected chi connectivity index (χ2v) is 4.71. The molecule has 0 radical (unpaired) electrons. The highest BCUT2D eigenvalue weighted by molar-refractivity contribution is 5.81. The van der Waals surface area contributed by atoms with E-state index in [1.165, 1.54) is 12.7 Å². The van der Waals surface area contributed by atoms with Crippen LogP contribution in [0.3, 0.4) is 0 Å². The minimum absolute atomic E-state index is 0.199. The Morgan fingerprint density at radius 1 is 1.45 bits per heavy atom. The Morgan fingerprint density at radius 3 is 3.10 bits per heavy atom. The molecule has 0 bridgehead atoms. The summed E-state index contributed by atoms with van der Waals surface area (Å²) in [6, 6.07) is -0.398. The van der Waals surface area contributed by atoms with E-state index >= 15 is 0 Å². The molecule has 1 aliphatic rings. The fourth-order valence-electron chi connectivity index (χ4n) is 2.25. The first-order chi connectivity index (χ1) is 9.69. The summed E-state index contributed by atoms with van der Waals surface area (Å²) in [7, 11) is 0. The third-order valence-electron chi connectivity index (χ3n) is 3.34. The third-order valence-corrected chi connectivity index (χ3v) is 3.34. The highest BCUT2D eigenvalue weighted by Gasteiger charge is 2.35. The molecule has 0 unspecified atom stereocenters. The van der Waals surface area contributed by atoms with Crippen molar-refractivity contribution < 1.29 is 14.9 Å². The van der Waals surface area contributed by atoms with Crippen LogP contribution in [-0.4, -0.2) is 61.2 Å². The first-order valence-corrected chi connectivity index (χ1v) is 6.29. The van der Waals surface area contributed by atoms with Gasteiger partial charge in [0, 0.05) is 6.04 Å². The molecule has 0 aliphatic carbocycles. The van der Waals surface area contributed by atoms with E-state index < -0.39 is 24.5 Å². The maximum atomic E-state index is 10.0. The molecule has 1 saturated heterocycles. The largest absolute Gasteiger partial charge is 0.394 e. The molecular formula is C11H16N6O3. The van der Waals surface area contributed by atoms with Crippen molar-refractivity contribution in [2.45, 2.75) is 30.9 Å². The van der Waals surface area contributed by atoms with Crippen molar-refractivity contribution in [3.8, 4) is 0 Å². The van der Waals surface area contributed by atoms with Crippen LogP contribution in [0.25, 0.3) is 11.2 Å². The molecule has 6 N–H and O–H groups in total. The lowest BCUT2D eigenvalue weighted by Crippen LogP contribution is -2.55. The second kappa shape index (κ2) is 5.29. The van der Waals surface area contributed by atoms with Gasteiger partial charge < -0.3 is 31.0 Å². The minimum atomic E-state index is -0.791. The van der Waals surface area contributed by atoms with Gasteiger partial charge >= 0.3 is 0 Å². The molecule has 0 spiro atoms. The van der Waals surface area contributed by atoms with Crippen LogP contribution in [0.1, 0.15) is 6.42 Å². The molecule has 0 aromatic carbocycles. The van der Waals surface area contributed by atoms with Gasteiger partial charge in [0.2, 0.25) is 0 Å². The fraction of sp³-hybridized carbons (Fsp3) is 0.545. The summed E-state index contributed by atoms with van der Waals surface area (Å²) >= 11 is 0. The van der Waals surface area contributed by atoms with Crippen LogP contribution >= 0.6 is 0 Å². The van der Waals surface area contributed by atoms with Gasteiger partial charge in [-0.2, -0.15) is 0 Å². The number of aromatic amines is 1. The van der Waals surface area contributed by atoms with Crippen LogP contribution in [0.4, 0.5) is 5.82 Å².